The van der Waals surface area contributed by atoms with Crippen LogP contribution in [0.1, 0.15) is 46.7 Å². The topological polar surface area (TPSA) is 94.9 Å². The maximum absolute atomic E-state index is 14.6. The predicted molar refractivity (Wildman–Crippen MR) is 108 cm³/mol. The molecule has 1 fully saturated rings. The molecule has 2 aromatic rings. The molecule has 3 heterocycles. The minimum atomic E-state index is -3.22. The number of amides is 2. The van der Waals surface area contributed by atoms with Gasteiger partial charge in [-0.15, -0.1) is 0 Å². The number of halogens is 4. The molecule has 1 unspecified atom stereocenters. The van der Waals surface area contributed by atoms with E-state index in [1.165, 1.54) is 18.9 Å². The Morgan fingerprint density at radius 2 is 1.94 bits per heavy atom. The lowest BCUT2D eigenvalue weighted by Gasteiger charge is -2.41. The summed E-state index contributed by atoms with van der Waals surface area (Å²) in [6.45, 7) is 2.06. The quantitative estimate of drug-likeness (QED) is 0.672. The van der Waals surface area contributed by atoms with Gasteiger partial charge >= 0.3 is 0 Å². The van der Waals surface area contributed by atoms with E-state index in [4.69, 9.17) is 0 Å². The van der Waals surface area contributed by atoms with Crippen molar-refractivity contribution in [3.05, 3.63) is 63.1 Å². The Bertz CT molecular complexity index is 1220. The van der Waals surface area contributed by atoms with Gasteiger partial charge in [-0.05, 0) is 19.9 Å². The number of nitrogens with zero attached hydrogens (tertiary/aromatic N) is 3. The van der Waals surface area contributed by atoms with Gasteiger partial charge in [0.1, 0.15) is 23.9 Å². The number of carbonyl (C=O) groups excluding carboxylic acids is 2. The first kappa shape index (κ1) is 22.6. The fourth-order valence-electron chi connectivity index (χ4n) is 4.06. The van der Waals surface area contributed by atoms with Crippen LogP contribution in [0.2, 0.25) is 0 Å². The molecular weight excluding hydrogens is 448 g/mol. The Kier molecular flexibility index (Phi) is 5.33. The first-order chi connectivity index (χ1) is 15.4. The van der Waals surface area contributed by atoms with E-state index >= 15 is 0 Å². The minimum absolute atomic E-state index is 0.0461. The maximum atomic E-state index is 14.6. The number of aromatic nitrogens is 1. The van der Waals surface area contributed by atoms with Crippen LogP contribution in [-0.4, -0.2) is 51.2 Å². The molecule has 2 aliphatic rings. The van der Waals surface area contributed by atoms with Crippen LogP contribution in [0.25, 0.3) is 0 Å². The summed E-state index contributed by atoms with van der Waals surface area (Å²) in [5.41, 5.74) is -2.32. The molecule has 2 N–H and O–H groups in total. The van der Waals surface area contributed by atoms with E-state index in [2.05, 4.69) is 5.32 Å². The highest BCUT2D eigenvalue weighted by molar-refractivity contribution is 5.99. The monoisotopic (exact) mass is 468 g/mol. The Morgan fingerprint density at radius 3 is 2.61 bits per heavy atom. The van der Waals surface area contributed by atoms with Crippen molar-refractivity contribution in [1.29, 1.82) is 0 Å². The van der Waals surface area contributed by atoms with Crippen LogP contribution >= 0.6 is 0 Å². The molecule has 1 saturated heterocycles. The van der Waals surface area contributed by atoms with E-state index < -0.39 is 70.3 Å². The van der Waals surface area contributed by atoms with Crippen LogP contribution in [0.15, 0.2) is 29.2 Å². The second-order valence-corrected chi connectivity index (χ2v) is 8.18. The highest BCUT2D eigenvalue weighted by Crippen LogP contribution is 2.36. The number of fused-ring (bicyclic) bond motifs is 4. The molecule has 1 aromatic heterocycles. The zero-order valence-corrected chi connectivity index (χ0v) is 17.6. The van der Waals surface area contributed by atoms with Gasteiger partial charge < -0.3 is 15.3 Å². The molecule has 0 aliphatic carbocycles. The Labute approximate surface area is 185 Å². The Morgan fingerprint density at radius 1 is 1.24 bits per heavy atom. The van der Waals surface area contributed by atoms with Gasteiger partial charge in [-0.1, -0.05) is 6.07 Å². The number of carbonyl (C=O) groups is 2. The minimum Gasteiger partial charge on any atom is -0.502 e. The van der Waals surface area contributed by atoms with Gasteiger partial charge in [0, 0.05) is 30.8 Å². The average Bonchev–Trinajstić information content (AvgIpc) is 2.81. The van der Waals surface area contributed by atoms with Crippen molar-refractivity contribution in [2.75, 3.05) is 11.7 Å². The van der Waals surface area contributed by atoms with Crippen molar-refractivity contribution in [3.63, 3.8) is 0 Å². The van der Waals surface area contributed by atoms with Crippen molar-refractivity contribution in [3.8, 4) is 5.75 Å². The largest absolute Gasteiger partial charge is 0.502 e. The highest BCUT2D eigenvalue weighted by atomic mass is 19.3. The van der Waals surface area contributed by atoms with Crippen LogP contribution in [0, 0.1) is 11.6 Å². The second kappa shape index (κ2) is 7.78. The van der Waals surface area contributed by atoms with Crippen molar-refractivity contribution in [2.24, 2.45) is 0 Å². The molecule has 0 spiro atoms. The van der Waals surface area contributed by atoms with Gasteiger partial charge in [0.25, 0.3) is 17.7 Å². The van der Waals surface area contributed by atoms with E-state index in [0.29, 0.717) is 6.07 Å². The predicted octanol–water partition coefficient (Wildman–Crippen LogP) is 1.93. The van der Waals surface area contributed by atoms with Crippen LogP contribution in [0.3, 0.4) is 0 Å². The van der Waals surface area contributed by atoms with Gasteiger partial charge in [0.2, 0.25) is 5.43 Å². The molecule has 8 nitrogen and oxygen atoms in total. The first-order valence-corrected chi connectivity index (χ1v) is 10.1. The third-order valence-electron chi connectivity index (χ3n) is 6.06. The number of aromatic hydroxyl groups is 1. The fraction of sp³-hybridized carbons (Fsp3) is 0.381. The number of pyridine rings is 1. The van der Waals surface area contributed by atoms with E-state index in [0.717, 1.165) is 27.9 Å². The lowest BCUT2D eigenvalue weighted by atomic mass is 10.0. The molecule has 2 bridgehead atoms. The fourth-order valence-corrected chi connectivity index (χ4v) is 4.06. The third kappa shape index (κ3) is 3.68. The molecule has 0 radical (unpaired) electrons. The van der Waals surface area contributed by atoms with Gasteiger partial charge in [0.15, 0.2) is 11.4 Å². The highest BCUT2D eigenvalue weighted by Gasteiger charge is 2.51. The number of hydrogen-bond acceptors (Lipinski definition) is 5. The summed E-state index contributed by atoms with van der Waals surface area (Å²) in [6, 6.07) is 0.463. The Balaban J connectivity index is 1.72. The summed E-state index contributed by atoms with van der Waals surface area (Å²) < 4.78 is 57.1. The van der Waals surface area contributed by atoms with Gasteiger partial charge in [-0.25, -0.2) is 17.6 Å². The molecule has 2 atom stereocenters. The van der Waals surface area contributed by atoms with Crippen LogP contribution < -0.4 is 15.8 Å². The van der Waals surface area contributed by atoms with Gasteiger partial charge in [-0.3, -0.25) is 24.1 Å². The number of hydrogen-bond donors (Lipinski definition) is 2. The molecule has 12 heteroatoms. The molecule has 33 heavy (non-hydrogen) atoms. The summed E-state index contributed by atoms with van der Waals surface area (Å²) >= 11 is 0. The lowest BCUT2D eigenvalue weighted by Crippen LogP contribution is -2.58. The molecule has 176 valence electrons. The standard InChI is InChI=1S/C21H20F4N4O4/c1-10-6-21(24,25)11(2)27-9-29(10)28-8-14(17(30)18(31)16(28)20(27)33)19(32)26-7-12-3-4-13(22)5-15(12)23/h3-5,8,10-11,31H,6-7,9H2,1-2H3,(H,26,32)/t10-,11?/m0/s1. The molecule has 2 aliphatic heterocycles. The van der Waals surface area contributed by atoms with E-state index in [9.17, 15) is 37.1 Å². The molecular formula is C21H20F4N4O4. The van der Waals surface area contributed by atoms with Gasteiger partial charge in [0.05, 0.1) is 12.1 Å². The number of alkyl halides is 2. The summed E-state index contributed by atoms with van der Waals surface area (Å²) in [7, 11) is 0. The molecule has 0 saturated carbocycles. The molecule has 2 amide bonds. The first-order valence-electron chi connectivity index (χ1n) is 10.1. The zero-order chi connectivity index (χ0) is 24.2. The maximum Gasteiger partial charge on any atom is 0.278 e. The van der Waals surface area contributed by atoms with Crippen LogP contribution in [0.5, 0.6) is 5.75 Å². The molecule has 4 rings (SSSR count). The molecule has 1 aromatic carbocycles. The third-order valence-corrected chi connectivity index (χ3v) is 6.06. The van der Waals surface area contributed by atoms with E-state index in [1.807, 2.05) is 0 Å². The van der Waals surface area contributed by atoms with Crippen molar-refractivity contribution < 1.29 is 32.3 Å². The summed E-state index contributed by atoms with van der Waals surface area (Å²) in [6.07, 6.45) is 0.392. The number of rotatable bonds is 3. The zero-order valence-electron chi connectivity index (χ0n) is 17.6. The number of nitrogens with one attached hydrogen (secondary N) is 1. The van der Waals surface area contributed by atoms with Gasteiger partial charge in [-0.2, -0.15) is 0 Å². The average molecular weight is 468 g/mol. The van der Waals surface area contributed by atoms with Crippen molar-refractivity contribution in [2.45, 2.75) is 44.8 Å². The van der Waals surface area contributed by atoms with E-state index in [1.54, 1.807) is 0 Å². The smallest absolute Gasteiger partial charge is 0.278 e. The van der Waals surface area contributed by atoms with Crippen LogP contribution in [0.4, 0.5) is 17.6 Å². The second-order valence-electron chi connectivity index (χ2n) is 8.18. The van der Waals surface area contributed by atoms with Crippen LogP contribution in [-0.2, 0) is 6.54 Å². The van der Waals surface area contributed by atoms with Crippen molar-refractivity contribution >= 4 is 11.8 Å². The number of benzene rings is 1. The summed E-state index contributed by atoms with van der Waals surface area (Å²) in [5, 5.41) is 14.1. The normalized spacial score (nSPS) is 21.5. The summed E-state index contributed by atoms with van der Waals surface area (Å²) in [4.78, 5) is 39.1. The summed E-state index contributed by atoms with van der Waals surface area (Å²) in [5.74, 6) is -7.94. The SMILES string of the molecule is CC1N2CN([C@@H](C)CC1(F)F)n1cc(C(=O)NCc3ccc(F)cc3F)c(=O)c(O)c1C2=O. The lowest BCUT2D eigenvalue weighted by molar-refractivity contribution is -0.0653. The van der Waals surface area contributed by atoms with E-state index in [-0.39, 0.29) is 18.8 Å². The van der Waals surface area contributed by atoms with Crippen molar-refractivity contribution in [1.82, 2.24) is 14.9 Å². The Hall–Kier alpha value is -3.57.